The lowest BCUT2D eigenvalue weighted by molar-refractivity contribution is 0.0533. The Balaban J connectivity index is 2.58. The summed E-state index contributed by atoms with van der Waals surface area (Å²) in [5.74, 6) is 1.54. The Morgan fingerprint density at radius 3 is 2.35 bits per heavy atom. The molecule has 2 heteroatoms. The molecule has 1 N–H and O–H groups in total. The van der Waals surface area contributed by atoms with Gasteiger partial charge in [0.2, 0.25) is 0 Å². The van der Waals surface area contributed by atoms with Gasteiger partial charge < -0.3 is 5.32 Å². The average molecular weight is 283 g/mol. The van der Waals surface area contributed by atoms with Crippen LogP contribution in [0.3, 0.4) is 0 Å². The highest BCUT2D eigenvalue weighted by molar-refractivity contribution is 4.90. The lowest BCUT2D eigenvalue weighted by atomic mass is 9.92. The van der Waals surface area contributed by atoms with Gasteiger partial charge in [0.05, 0.1) is 0 Å². The second kappa shape index (κ2) is 9.04. The van der Waals surface area contributed by atoms with Crippen molar-refractivity contribution in [2.24, 2.45) is 11.8 Å². The van der Waals surface area contributed by atoms with E-state index in [9.17, 15) is 0 Å². The molecule has 0 aromatic carbocycles. The highest BCUT2D eigenvalue weighted by Gasteiger charge is 2.32. The van der Waals surface area contributed by atoms with E-state index in [0.717, 1.165) is 23.9 Å². The summed E-state index contributed by atoms with van der Waals surface area (Å²) in [4.78, 5) is 2.81. The first-order chi connectivity index (χ1) is 9.45. The fourth-order valence-electron chi connectivity index (χ4n) is 3.57. The van der Waals surface area contributed by atoms with Crippen LogP contribution in [-0.4, -0.2) is 36.1 Å². The van der Waals surface area contributed by atoms with Crippen molar-refractivity contribution in [2.75, 3.05) is 13.1 Å². The predicted molar refractivity (Wildman–Crippen MR) is 90.2 cm³/mol. The van der Waals surface area contributed by atoms with Crippen LogP contribution < -0.4 is 5.32 Å². The number of rotatable bonds is 8. The largest absolute Gasteiger partial charge is 0.311 e. The van der Waals surface area contributed by atoms with Crippen LogP contribution in [0.25, 0.3) is 0 Å². The topological polar surface area (TPSA) is 15.3 Å². The molecule has 2 nitrogen and oxygen atoms in total. The number of piperazine rings is 1. The molecule has 1 rings (SSSR count). The second-order valence-electron chi connectivity index (χ2n) is 7.59. The van der Waals surface area contributed by atoms with Crippen molar-refractivity contribution in [3.8, 4) is 0 Å². The molecule has 1 saturated heterocycles. The molecule has 1 aliphatic heterocycles. The van der Waals surface area contributed by atoms with E-state index in [1.807, 2.05) is 0 Å². The van der Waals surface area contributed by atoms with Crippen LogP contribution in [-0.2, 0) is 0 Å². The molecule has 20 heavy (non-hydrogen) atoms. The zero-order chi connectivity index (χ0) is 15.1. The van der Waals surface area contributed by atoms with E-state index >= 15 is 0 Å². The first-order valence-electron chi connectivity index (χ1n) is 8.94. The molecule has 0 saturated carbocycles. The fourth-order valence-corrected chi connectivity index (χ4v) is 3.57. The van der Waals surface area contributed by atoms with Crippen molar-refractivity contribution < 1.29 is 0 Å². The van der Waals surface area contributed by atoms with Crippen molar-refractivity contribution in [3.05, 3.63) is 0 Å². The lowest BCUT2D eigenvalue weighted by Gasteiger charge is -2.46. The lowest BCUT2D eigenvalue weighted by Crippen LogP contribution is -2.60. The molecule has 0 bridgehead atoms. The van der Waals surface area contributed by atoms with E-state index in [4.69, 9.17) is 0 Å². The van der Waals surface area contributed by atoms with Crippen LogP contribution >= 0.6 is 0 Å². The summed E-state index contributed by atoms with van der Waals surface area (Å²) in [5, 5.41) is 3.79. The second-order valence-corrected chi connectivity index (χ2v) is 7.59. The Morgan fingerprint density at radius 2 is 1.80 bits per heavy atom. The molecule has 120 valence electrons. The highest BCUT2D eigenvalue weighted by atomic mass is 15.3. The summed E-state index contributed by atoms with van der Waals surface area (Å²) >= 11 is 0. The standard InChI is InChI=1S/C18H38N2/c1-7-8-9-10-16(6)20-13-17(11-14(2)3)19-12-18(20)15(4)5/h14-19H,7-13H2,1-6H3. The van der Waals surface area contributed by atoms with E-state index in [1.165, 1.54) is 45.2 Å². The van der Waals surface area contributed by atoms with E-state index in [1.54, 1.807) is 0 Å². The van der Waals surface area contributed by atoms with Crippen molar-refractivity contribution in [1.29, 1.82) is 0 Å². The number of hydrogen-bond donors (Lipinski definition) is 1. The molecular weight excluding hydrogens is 244 g/mol. The van der Waals surface area contributed by atoms with Crippen molar-refractivity contribution in [2.45, 2.75) is 91.8 Å². The molecular formula is C18H38N2. The van der Waals surface area contributed by atoms with Gasteiger partial charge >= 0.3 is 0 Å². The SMILES string of the molecule is CCCCCC(C)N1CC(CC(C)C)NCC1C(C)C. The van der Waals surface area contributed by atoms with Gasteiger partial charge in [-0.3, -0.25) is 4.90 Å². The molecule has 1 fully saturated rings. The summed E-state index contributed by atoms with van der Waals surface area (Å²) in [6.07, 6.45) is 6.78. The molecule has 1 heterocycles. The van der Waals surface area contributed by atoms with Crippen LogP contribution in [0.15, 0.2) is 0 Å². The number of nitrogens with one attached hydrogen (secondary N) is 1. The van der Waals surface area contributed by atoms with Gasteiger partial charge in [-0.05, 0) is 31.6 Å². The van der Waals surface area contributed by atoms with Crippen LogP contribution in [0, 0.1) is 11.8 Å². The van der Waals surface area contributed by atoms with Gasteiger partial charge in [0, 0.05) is 31.2 Å². The van der Waals surface area contributed by atoms with Crippen LogP contribution in [0.4, 0.5) is 0 Å². The van der Waals surface area contributed by atoms with Crippen LogP contribution in [0.2, 0.25) is 0 Å². The van der Waals surface area contributed by atoms with Gasteiger partial charge in [-0.1, -0.05) is 53.9 Å². The quantitative estimate of drug-likeness (QED) is 0.668. The first-order valence-corrected chi connectivity index (χ1v) is 8.94. The molecule has 0 aromatic rings. The third kappa shape index (κ3) is 5.73. The Hall–Kier alpha value is -0.0800. The Morgan fingerprint density at radius 1 is 1.10 bits per heavy atom. The third-order valence-electron chi connectivity index (χ3n) is 4.79. The number of nitrogens with zero attached hydrogens (tertiary/aromatic N) is 1. The van der Waals surface area contributed by atoms with Gasteiger partial charge in [-0.15, -0.1) is 0 Å². The van der Waals surface area contributed by atoms with Crippen molar-refractivity contribution in [1.82, 2.24) is 10.2 Å². The fraction of sp³-hybridized carbons (Fsp3) is 1.00. The molecule has 1 aliphatic rings. The van der Waals surface area contributed by atoms with E-state index in [-0.39, 0.29) is 0 Å². The Bertz CT molecular complexity index is 250. The molecule has 0 spiro atoms. The van der Waals surface area contributed by atoms with Crippen LogP contribution in [0.1, 0.15) is 73.6 Å². The van der Waals surface area contributed by atoms with E-state index in [0.29, 0.717) is 6.04 Å². The van der Waals surface area contributed by atoms with E-state index in [2.05, 4.69) is 51.8 Å². The molecule has 0 aliphatic carbocycles. The summed E-state index contributed by atoms with van der Waals surface area (Å²) in [7, 11) is 0. The number of hydrogen-bond acceptors (Lipinski definition) is 2. The van der Waals surface area contributed by atoms with Gasteiger partial charge in [-0.25, -0.2) is 0 Å². The minimum absolute atomic E-state index is 0.693. The highest BCUT2D eigenvalue weighted by Crippen LogP contribution is 2.23. The predicted octanol–water partition coefficient (Wildman–Crippen LogP) is 4.30. The zero-order valence-electron chi connectivity index (χ0n) is 14.8. The summed E-state index contributed by atoms with van der Waals surface area (Å²) < 4.78 is 0. The number of unbranched alkanes of at least 4 members (excludes halogenated alkanes) is 2. The summed E-state index contributed by atoms with van der Waals surface area (Å²) in [6, 6.07) is 2.15. The Kier molecular flexibility index (Phi) is 8.13. The molecule has 3 atom stereocenters. The summed E-state index contributed by atoms with van der Waals surface area (Å²) in [6.45, 7) is 16.6. The van der Waals surface area contributed by atoms with Crippen LogP contribution in [0.5, 0.6) is 0 Å². The maximum Gasteiger partial charge on any atom is 0.0247 e. The third-order valence-corrected chi connectivity index (χ3v) is 4.79. The smallest absolute Gasteiger partial charge is 0.0247 e. The van der Waals surface area contributed by atoms with Gasteiger partial charge in [0.15, 0.2) is 0 Å². The minimum atomic E-state index is 0.693. The van der Waals surface area contributed by atoms with Gasteiger partial charge in [0.25, 0.3) is 0 Å². The first kappa shape index (κ1) is 18.0. The maximum atomic E-state index is 3.79. The molecule has 0 amide bonds. The summed E-state index contributed by atoms with van der Waals surface area (Å²) in [5.41, 5.74) is 0. The van der Waals surface area contributed by atoms with Gasteiger partial charge in [-0.2, -0.15) is 0 Å². The van der Waals surface area contributed by atoms with Gasteiger partial charge in [0.1, 0.15) is 0 Å². The molecule has 0 radical (unpaired) electrons. The monoisotopic (exact) mass is 282 g/mol. The zero-order valence-corrected chi connectivity index (χ0v) is 14.8. The normalized spacial score (nSPS) is 26.4. The molecule has 3 unspecified atom stereocenters. The molecule has 0 aromatic heterocycles. The van der Waals surface area contributed by atoms with E-state index < -0.39 is 0 Å². The maximum absolute atomic E-state index is 3.79. The average Bonchev–Trinajstić information content (AvgIpc) is 2.37. The van der Waals surface area contributed by atoms with Crippen molar-refractivity contribution >= 4 is 0 Å². The Labute approximate surface area is 127 Å². The van der Waals surface area contributed by atoms with Crippen molar-refractivity contribution in [3.63, 3.8) is 0 Å². The minimum Gasteiger partial charge on any atom is -0.311 e.